The third kappa shape index (κ3) is 2.05. The monoisotopic (exact) mass is 184 g/mol. The van der Waals surface area contributed by atoms with Crippen LogP contribution in [-0.4, -0.2) is 7.11 Å². The Hall–Kier alpha value is -1.38. The number of halogens is 2. The van der Waals surface area contributed by atoms with Crippen molar-refractivity contribution in [1.82, 2.24) is 0 Å². The summed E-state index contributed by atoms with van der Waals surface area (Å²) in [5.41, 5.74) is 0.594. The van der Waals surface area contributed by atoms with Crippen LogP contribution in [0.3, 0.4) is 0 Å². The Morgan fingerprint density at radius 2 is 2.00 bits per heavy atom. The van der Waals surface area contributed by atoms with Gasteiger partial charge in [0.25, 0.3) is 0 Å². The average molecular weight is 184 g/mol. The molecule has 0 fully saturated rings. The van der Waals surface area contributed by atoms with Gasteiger partial charge in [-0.25, -0.2) is 8.78 Å². The van der Waals surface area contributed by atoms with Crippen LogP contribution in [-0.2, 0) is 6.42 Å². The van der Waals surface area contributed by atoms with E-state index in [1.165, 1.54) is 7.11 Å². The van der Waals surface area contributed by atoms with E-state index in [4.69, 9.17) is 4.74 Å². The molecule has 0 aliphatic heterocycles. The van der Waals surface area contributed by atoms with Gasteiger partial charge in [-0.1, -0.05) is 6.08 Å². The molecule has 0 unspecified atom stereocenters. The van der Waals surface area contributed by atoms with Crippen LogP contribution >= 0.6 is 0 Å². The second-order valence-corrected chi connectivity index (χ2v) is 2.57. The number of methoxy groups -OCH3 is 1. The Labute approximate surface area is 75.6 Å². The van der Waals surface area contributed by atoms with E-state index in [0.29, 0.717) is 17.7 Å². The molecule has 1 rings (SSSR count). The fourth-order valence-corrected chi connectivity index (χ4v) is 1.07. The largest absolute Gasteiger partial charge is 0.496 e. The summed E-state index contributed by atoms with van der Waals surface area (Å²) >= 11 is 0. The molecule has 13 heavy (non-hydrogen) atoms. The van der Waals surface area contributed by atoms with E-state index in [1.54, 1.807) is 6.08 Å². The first-order chi connectivity index (χ1) is 6.19. The van der Waals surface area contributed by atoms with Crippen LogP contribution in [0.5, 0.6) is 5.75 Å². The van der Waals surface area contributed by atoms with Gasteiger partial charge in [0.2, 0.25) is 0 Å². The van der Waals surface area contributed by atoms with Crippen molar-refractivity contribution < 1.29 is 13.5 Å². The number of benzene rings is 1. The van der Waals surface area contributed by atoms with Crippen molar-refractivity contribution in [3.63, 3.8) is 0 Å². The van der Waals surface area contributed by atoms with E-state index >= 15 is 0 Å². The first-order valence-electron chi connectivity index (χ1n) is 3.82. The fraction of sp³-hybridized carbons (Fsp3) is 0.200. The quantitative estimate of drug-likeness (QED) is 0.656. The lowest BCUT2D eigenvalue weighted by Gasteiger charge is -2.06. The molecule has 0 radical (unpaired) electrons. The number of ether oxygens (including phenoxy) is 1. The van der Waals surface area contributed by atoms with Gasteiger partial charge >= 0.3 is 0 Å². The molecule has 70 valence electrons. The van der Waals surface area contributed by atoms with Crippen LogP contribution in [0.1, 0.15) is 5.56 Å². The highest BCUT2D eigenvalue weighted by molar-refractivity contribution is 5.35. The van der Waals surface area contributed by atoms with Gasteiger partial charge in [0.15, 0.2) is 11.6 Å². The number of hydrogen-bond donors (Lipinski definition) is 0. The Bertz CT molecular complexity index is 321. The smallest absolute Gasteiger partial charge is 0.162 e. The van der Waals surface area contributed by atoms with Gasteiger partial charge in [0.1, 0.15) is 5.75 Å². The lowest BCUT2D eigenvalue weighted by atomic mass is 10.1. The third-order valence-electron chi connectivity index (χ3n) is 1.69. The fourth-order valence-electron chi connectivity index (χ4n) is 1.07. The second kappa shape index (κ2) is 4.03. The van der Waals surface area contributed by atoms with Crippen molar-refractivity contribution in [3.8, 4) is 5.75 Å². The Balaban J connectivity index is 3.15. The summed E-state index contributed by atoms with van der Waals surface area (Å²) in [6.07, 6.45) is 2.07. The highest BCUT2D eigenvalue weighted by atomic mass is 19.2. The number of hydrogen-bond acceptors (Lipinski definition) is 1. The molecule has 0 atom stereocenters. The summed E-state index contributed by atoms with van der Waals surface area (Å²) in [7, 11) is 1.42. The maximum Gasteiger partial charge on any atom is 0.162 e. The summed E-state index contributed by atoms with van der Waals surface area (Å²) < 4.78 is 30.3. The lowest BCUT2D eigenvalue weighted by molar-refractivity contribution is 0.402. The van der Waals surface area contributed by atoms with E-state index in [2.05, 4.69) is 6.58 Å². The zero-order valence-electron chi connectivity index (χ0n) is 7.31. The molecule has 0 bridgehead atoms. The maximum atomic E-state index is 12.8. The minimum atomic E-state index is -0.898. The Kier molecular flexibility index (Phi) is 3.01. The van der Waals surface area contributed by atoms with E-state index in [1.807, 2.05) is 0 Å². The van der Waals surface area contributed by atoms with Crippen LogP contribution in [0.25, 0.3) is 0 Å². The molecule has 0 aliphatic carbocycles. The zero-order chi connectivity index (χ0) is 9.84. The molecule has 0 spiro atoms. The summed E-state index contributed by atoms with van der Waals surface area (Å²) in [6, 6.07) is 2.16. The van der Waals surface area contributed by atoms with E-state index in [-0.39, 0.29) is 0 Å². The van der Waals surface area contributed by atoms with Crippen LogP contribution in [0.4, 0.5) is 8.78 Å². The Morgan fingerprint density at radius 1 is 1.38 bits per heavy atom. The summed E-state index contributed by atoms with van der Waals surface area (Å²) in [4.78, 5) is 0. The van der Waals surface area contributed by atoms with Gasteiger partial charge < -0.3 is 4.74 Å². The molecule has 1 nitrogen and oxygen atoms in total. The van der Waals surface area contributed by atoms with Crippen molar-refractivity contribution in [2.45, 2.75) is 6.42 Å². The average Bonchev–Trinajstić information content (AvgIpc) is 2.11. The number of rotatable bonds is 3. The highest BCUT2D eigenvalue weighted by Crippen LogP contribution is 2.22. The molecule has 3 heteroatoms. The molecule has 0 saturated heterocycles. The van der Waals surface area contributed by atoms with Crippen LogP contribution in [0.15, 0.2) is 24.8 Å². The summed E-state index contributed by atoms with van der Waals surface area (Å²) in [5, 5.41) is 0. The highest BCUT2D eigenvalue weighted by Gasteiger charge is 2.08. The van der Waals surface area contributed by atoms with Crippen molar-refractivity contribution in [2.75, 3.05) is 7.11 Å². The minimum absolute atomic E-state index is 0.346. The molecule has 0 saturated carbocycles. The first kappa shape index (κ1) is 9.71. The lowest BCUT2D eigenvalue weighted by Crippen LogP contribution is -1.94. The van der Waals surface area contributed by atoms with Crippen molar-refractivity contribution in [2.24, 2.45) is 0 Å². The molecule has 1 aromatic rings. The third-order valence-corrected chi connectivity index (χ3v) is 1.69. The summed E-state index contributed by atoms with van der Waals surface area (Å²) in [6.45, 7) is 3.51. The van der Waals surface area contributed by atoms with Crippen LogP contribution in [0.2, 0.25) is 0 Å². The minimum Gasteiger partial charge on any atom is -0.496 e. The van der Waals surface area contributed by atoms with Gasteiger partial charge in [-0.15, -0.1) is 6.58 Å². The van der Waals surface area contributed by atoms with Crippen molar-refractivity contribution in [1.29, 1.82) is 0 Å². The molecule has 0 heterocycles. The van der Waals surface area contributed by atoms with Gasteiger partial charge in [-0.2, -0.15) is 0 Å². The molecule has 0 aromatic heterocycles. The van der Waals surface area contributed by atoms with Crippen LogP contribution < -0.4 is 4.74 Å². The normalized spacial score (nSPS) is 9.77. The molecule has 0 amide bonds. The van der Waals surface area contributed by atoms with Crippen molar-refractivity contribution in [3.05, 3.63) is 42.0 Å². The van der Waals surface area contributed by atoms with E-state index in [9.17, 15) is 8.78 Å². The van der Waals surface area contributed by atoms with E-state index in [0.717, 1.165) is 12.1 Å². The molecule has 0 N–H and O–H groups in total. The molecular formula is C10H10F2O. The van der Waals surface area contributed by atoms with Gasteiger partial charge in [-0.3, -0.25) is 0 Å². The zero-order valence-corrected chi connectivity index (χ0v) is 7.31. The molecule has 0 aliphatic rings. The number of allylic oxidation sites excluding steroid dienone is 1. The van der Waals surface area contributed by atoms with Gasteiger partial charge in [0.05, 0.1) is 7.11 Å². The predicted molar refractivity (Wildman–Crippen MR) is 46.8 cm³/mol. The molecular weight excluding hydrogens is 174 g/mol. The standard InChI is InChI=1S/C10H10F2O/c1-3-4-7-5-8(11)9(12)6-10(7)13-2/h3,5-6H,1,4H2,2H3. The predicted octanol–water partition coefficient (Wildman–Crippen LogP) is 2.70. The summed E-state index contributed by atoms with van der Waals surface area (Å²) in [5.74, 6) is -1.42. The topological polar surface area (TPSA) is 9.23 Å². The van der Waals surface area contributed by atoms with E-state index < -0.39 is 11.6 Å². The first-order valence-corrected chi connectivity index (χ1v) is 3.82. The molecule has 1 aromatic carbocycles. The maximum absolute atomic E-state index is 12.8. The van der Waals surface area contributed by atoms with Crippen LogP contribution in [0, 0.1) is 11.6 Å². The van der Waals surface area contributed by atoms with Gasteiger partial charge in [-0.05, 0) is 12.5 Å². The van der Waals surface area contributed by atoms with Crippen molar-refractivity contribution >= 4 is 0 Å². The Morgan fingerprint density at radius 3 is 2.54 bits per heavy atom. The second-order valence-electron chi connectivity index (χ2n) is 2.57. The van der Waals surface area contributed by atoms with Gasteiger partial charge in [0, 0.05) is 11.6 Å². The SMILES string of the molecule is C=CCc1cc(F)c(F)cc1OC.